The van der Waals surface area contributed by atoms with Crippen LogP contribution in [0.5, 0.6) is 0 Å². The average Bonchev–Trinajstić information content (AvgIpc) is 3.44. The number of carbonyl (C=O) groups is 3. The third-order valence-corrected chi connectivity index (χ3v) is 13.7. The molecule has 1 unspecified atom stereocenters. The van der Waals surface area contributed by atoms with E-state index in [2.05, 4.69) is 130 Å². The zero-order valence-corrected chi connectivity index (χ0v) is 50.9. The maximum atomic E-state index is 12.8. The summed E-state index contributed by atoms with van der Waals surface area (Å²) in [4.78, 5) is 38.2. The molecule has 0 bridgehead atoms. The minimum Gasteiger partial charge on any atom is -0.462 e. The molecule has 0 spiro atoms. The number of allylic oxidation sites excluding steroid dienone is 19. The third kappa shape index (κ3) is 62.7. The predicted octanol–water partition coefficient (Wildman–Crippen LogP) is 22.4. The first-order valence-corrected chi connectivity index (χ1v) is 32.5. The van der Waals surface area contributed by atoms with Crippen LogP contribution in [-0.2, 0) is 28.6 Å². The Kier molecular flexibility index (Phi) is 61.8. The zero-order valence-electron chi connectivity index (χ0n) is 50.9. The highest BCUT2D eigenvalue weighted by Gasteiger charge is 2.19. The lowest BCUT2D eigenvalue weighted by molar-refractivity contribution is -0.166. The Hall–Kier alpha value is -4.19. The molecule has 444 valence electrons. The van der Waals surface area contributed by atoms with E-state index in [1.807, 2.05) is 6.08 Å². The molecule has 0 aliphatic heterocycles. The van der Waals surface area contributed by atoms with Crippen LogP contribution in [0.4, 0.5) is 0 Å². The fourth-order valence-electron chi connectivity index (χ4n) is 8.92. The fraction of sp³-hybridized carbons (Fsp3) is 0.681. The summed E-state index contributed by atoms with van der Waals surface area (Å²) in [5, 5.41) is 0. The standard InChI is InChI=1S/C72H120O6/c1-4-7-10-13-16-19-22-25-28-29-30-31-32-33-34-35-36-37-38-39-40-41-42-43-45-47-50-53-56-59-62-65-71(74)77-68-69(67-76-70(73)64-61-58-55-52-49-46-27-24-21-18-15-12-9-6-3)78-72(75)66-63-60-57-54-51-48-44-26-23-20-17-14-11-8-5-2/h7-8,10-11,16-17,19-20,24-28,30-31,44,51,54,60,63,69H,4-6,9,12-15,18,21-23,29,32-43,45-50,52-53,55-59,61-62,64-68H2,1-3H3/b10-7-,11-8-,19-16-,20-17-,27-24-,28-25-,31-30-,44-26-,54-51-,63-60-. The summed E-state index contributed by atoms with van der Waals surface area (Å²) in [7, 11) is 0. The van der Waals surface area contributed by atoms with E-state index in [1.54, 1.807) is 6.08 Å². The maximum absolute atomic E-state index is 12.8. The van der Waals surface area contributed by atoms with Gasteiger partial charge in [-0.25, -0.2) is 0 Å². The van der Waals surface area contributed by atoms with Crippen LogP contribution in [0.3, 0.4) is 0 Å². The third-order valence-electron chi connectivity index (χ3n) is 13.7. The summed E-state index contributed by atoms with van der Waals surface area (Å²) >= 11 is 0. The van der Waals surface area contributed by atoms with Crippen molar-refractivity contribution in [2.45, 2.75) is 303 Å². The highest BCUT2D eigenvalue weighted by molar-refractivity contribution is 5.72. The quantitative estimate of drug-likeness (QED) is 0.0261. The molecule has 0 N–H and O–H groups in total. The number of hydrogen-bond donors (Lipinski definition) is 0. The summed E-state index contributed by atoms with van der Waals surface area (Å²) in [6.45, 7) is 6.33. The topological polar surface area (TPSA) is 78.9 Å². The minimum absolute atomic E-state index is 0.0939. The lowest BCUT2D eigenvalue weighted by Crippen LogP contribution is -2.30. The van der Waals surface area contributed by atoms with Gasteiger partial charge in [-0.2, -0.15) is 0 Å². The Balaban J connectivity index is 4.26. The molecule has 0 aromatic heterocycles. The highest BCUT2D eigenvalue weighted by Crippen LogP contribution is 2.16. The molecule has 0 fully saturated rings. The van der Waals surface area contributed by atoms with Gasteiger partial charge in [0.1, 0.15) is 13.2 Å². The van der Waals surface area contributed by atoms with Gasteiger partial charge in [-0.05, 0) is 109 Å². The van der Waals surface area contributed by atoms with Gasteiger partial charge in [0.15, 0.2) is 6.10 Å². The first-order chi connectivity index (χ1) is 38.5. The lowest BCUT2D eigenvalue weighted by Gasteiger charge is -2.18. The van der Waals surface area contributed by atoms with Crippen LogP contribution < -0.4 is 0 Å². The van der Waals surface area contributed by atoms with E-state index in [4.69, 9.17) is 14.2 Å². The molecule has 0 aromatic rings. The van der Waals surface area contributed by atoms with Crippen LogP contribution in [0.25, 0.3) is 0 Å². The molecule has 6 heteroatoms. The SMILES string of the molecule is CC/C=C\C/C=C\C/C=C\C/C=C\C/C=C\CC(=O)OC(COC(=O)CCCCCCC/C=C\CCCCCCC)COC(=O)CCCCCCCCCCCCCCCCCCCC/C=C\C/C=C\C/C=C\C/C=C\CC. The van der Waals surface area contributed by atoms with Crippen LogP contribution in [-0.4, -0.2) is 37.2 Å². The lowest BCUT2D eigenvalue weighted by atomic mass is 10.0. The van der Waals surface area contributed by atoms with E-state index < -0.39 is 12.1 Å². The van der Waals surface area contributed by atoms with Crippen LogP contribution in [0.2, 0.25) is 0 Å². The summed E-state index contributed by atoms with van der Waals surface area (Å²) in [5.41, 5.74) is 0. The Morgan fingerprint density at radius 2 is 0.538 bits per heavy atom. The Bertz CT molecular complexity index is 1620. The molecule has 1 atom stereocenters. The van der Waals surface area contributed by atoms with Crippen molar-refractivity contribution in [2.24, 2.45) is 0 Å². The molecule has 0 saturated carbocycles. The van der Waals surface area contributed by atoms with E-state index in [9.17, 15) is 14.4 Å². The predicted molar refractivity (Wildman–Crippen MR) is 339 cm³/mol. The van der Waals surface area contributed by atoms with Gasteiger partial charge in [0, 0.05) is 12.8 Å². The van der Waals surface area contributed by atoms with Crippen LogP contribution >= 0.6 is 0 Å². The number of ether oxygens (including phenoxy) is 3. The van der Waals surface area contributed by atoms with Crippen molar-refractivity contribution in [3.05, 3.63) is 122 Å². The molecule has 0 aromatic carbocycles. The normalized spacial score (nSPS) is 12.9. The smallest absolute Gasteiger partial charge is 0.310 e. The summed E-state index contributed by atoms with van der Waals surface area (Å²) in [5.74, 6) is -1.05. The first-order valence-electron chi connectivity index (χ1n) is 32.5. The fourth-order valence-corrected chi connectivity index (χ4v) is 8.92. The van der Waals surface area contributed by atoms with Gasteiger partial charge in [-0.1, -0.05) is 290 Å². The number of unbranched alkanes of at least 4 members (excludes halogenated alkanes) is 28. The van der Waals surface area contributed by atoms with Crippen LogP contribution in [0.1, 0.15) is 297 Å². The van der Waals surface area contributed by atoms with Gasteiger partial charge in [-0.15, -0.1) is 0 Å². The Morgan fingerprint density at radius 1 is 0.282 bits per heavy atom. The van der Waals surface area contributed by atoms with Gasteiger partial charge in [-0.3, -0.25) is 14.4 Å². The Labute approximate surface area is 482 Å². The van der Waals surface area contributed by atoms with E-state index in [-0.39, 0.29) is 31.6 Å². The summed E-state index contributed by atoms with van der Waals surface area (Å²) in [6, 6.07) is 0. The summed E-state index contributed by atoms with van der Waals surface area (Å²) in [6.07, 6.45) is 91.1. The second-order valence-electron chi connectivity index (χ2n) is 21.3. The van der Waals surface area contributed by atoms with E-state index in [0.29, 0.717) is 12.8 Å². The molecular weight excluding hydrogens is 961 g/mol. The van der Waals surface area contributed by atoms with E-state index >= 15 is 0 Å². The molecular formula is C72H120O6. The van der Waals surface area contributed by atoms with Gasteiger partial charge in [0.25, 0.3) is 0 Å². The van der Waals surface area contributed by atoms with Crippen molar-refractivity contribution in [2.75, 3.05) is 13.2 Å². The van der Waals surface area contributed by atoms with E-state index in [1.165, 1.54) is 148 Å². The number of rotatable bonds is 58. The number of carbonyl (C=O) groups excluding carboxylic acids is 3. The molecule has 78 heavy (non-hydrogen) atoms. The van der Waals surface area contributed by atoms with Gasteiger partial charge in [0.2, 0.25) is 0 Å². The number of esters is 3. The molecule has 0 aliphatic rings. The molecule has 0 heterocycles. The second-order valence-corrected chi connectivity index (χ2v) is 21.3. The molecule has 0 amide bonds. The van der Waals surface area contributed by atoms with Gasteiger partial charge >= 0.3 is 17.9 Å². The van der Waals surface area contributed by atoms with Crippen molar-refractivity contribution in [1.29, 1.82) is 0 Å². The first kappa shape index (κ1) is 73.8. The van der Waals surface area contributed by atoms with E-state index in [0.717, 1.165) is 109 Å². The van der Waals surface area contributed by atoms with Crippen LogP contribution in [0.15, 0.2) is 122 Å². The molecule has 0 rings (SSSR count). The van der Waals surface area contributed by atoms with Gasteiger partial charge < -0.3 is 14.2 Å². The van der Waals surface area contributed by atoms with Crippen molar-refractivity contribution >= 4 is 17.9 Å². The maximum Gasteiger partial charge on any atom is 0.310 e. The second kappa shape index (κ2) is 65.3. The van der Waals surface area contributed by atoms with Crippen LogP contribution in [0, 0.1) is 0 Å². The van der Waals surface area contributed by atoms with Crippen molar-refractivity contribution in [1.82, 2.24) is 0 Å². The Morgan fingerprint density at radius 3 is 0.859 bits per heavy atom. The monoisotopic (exact) mass is 1080 g/mol. The largest absolute Gasteiger partial charge is 0.462 e. The minimum atomic E-state index is -0.837. The van der Waals surface area contributed by atoms with Crippen molar-refractivity contribution < 1.29 is 28.6 Å². The zero-order chi connectivity index (χ0) is 56.4. The van der Waals surface area contributed by atoms with Crippen molar-refractivity contribution in [3.63, 3.8) is 0 Å². The highest BCUT2D eigenvalue weighted by atomic mass is 16.6. The summed E-state index contributed by atoms with van der Waals surface area (Å²) < 4.78 is 16.8. The molecule has 0 aliphatic carbocycles. The van der Waals surface area contributed by atoms with Crippen molar-refractivity contribution in [3.8, 4) is 0 Å². The van der Waals surface area contributed by atoms with Gasteiger partial charge in [0.05, 0.1) is 6.42 Å². The average molecular weight is 1080 g/mol. The molecule has 0 radical (unpaired) electrons. The number of hydrogen-bond acceptors (Lipinski definition) is 6. The molecule has 6 nitrogen and oxygen atoms in total. The molecule has 0 saturated heterocycles.